The summed E-state index contributed by atoms with van der Waals surface area (Å²) in [7, 11) is 0. The summed E-state index contributed by atoms with van der Waals surface area (Å²) >= 11 is 0. The van der Waals surface area contributed by atoms with Crippen LogP contribution in [0.1, 0.15) is 16.8 Å². The predicted octanol–water partition coefficient (Wildman–Crippen LogP) is 2.01. The molecule has 1 heterocycles. The van der Waals surface area contributed by atoms with Gasteiger partial charge in [-0.1, -0.05) is 30.3 Å². The van der Waals surface area contributed by atoms with Crippen molar-refractivity contribution in [2.24, 2.45) is 0 Å². The Balaban J connectivity index is 0.00000144. The molecule has 0 amide bonds. The second-order valence-electron chi connectivity index (χ2n) is 4.13. The Hall–Kier alpha value is -0.610. The average Bonchev–Trinajstić information content (AvgIpc) is 2.38. The SMILES string of the molecule is Cl.Cl.O=C(CCN1CCNCC1)c1ccccc1. The number of halogens is 2. The standard InChI is InChI=1S/C13H18N2O.2ClH/c16-13(12-4-2-1-3-5-12)6-9-15-10-7-14-8-11-15;;/h1-5,14H,6-11H2;2*1H. The van der Waals surface area contributed by atoms with Crippen molar-refractivity contribution in [3.05, 3.63) is 35.9 Å². The van der Waals surface area contributed by atoms with E-state index in [1.807, 2.05) is 30.3 Å². The first-order valence-electron chi connectivity index (χ1n) is 5.87. The summed E-state index contributed by atoms with van der Waals surface area (Å²) in [5, 5.41) is 3.31. The van der Waals surface area contributed by atoms with Crippen molar-refractivity contribution >= 4 is 30.6 Å². The number of nitrogens with one attached hydrogen (secondary N) is 1. The molecule has 0 spiro atoms. The van der Waals surface area contributed by atoms with E-state index >= 15 is 0 Å². The number of piperazine rings is 1. The summed E-state index contributed by atoms with van der Waals surface area (Å²) in [6.07, 6.45) is 0.629. The van der Waals surface area contributed by atoms with Gasteiger partial charge in [-0.05, 0) is 0 Å². The van der Waals surface area contributed by atoms with Crippen LogP contribution in [0.25, 0.3) is 0 Å². The Kier molecular flexibility index (Phi) is 9.02. The second-order valence-corrected chi connectivity index (χ2v) is 4.13. The Morgan fingerprint density at radius 3 is 2.33 bits per heavy atom. The summed E-state index contributed by atoms with van der Waals surface area (Å²) < 4.78 is 0. The third kappa shape index (κ3) is 5.36. The minimum absolute atomic E-state index is 0. The lowest BCUT2D eigenvalue weighted by atomic mass is 10.1. The molecule has 1 aliphatic rings. The van der Waals surface area contributed by atoms with E-state index in [-0.39, 0.29) is 30.6 Å². The molecule has 0 bridgehead atoms. The molecule has 102 valence electrons. The molecule has 2 rings (SSSR count). The van der Waals surface area contributed by atoms with Crippen LogP contribution < -0.4 is 5.32 Å². The van der Waals surface area contributed by atoms with E-state index in [4.69, 9.17) is 0 Å². The summed E-state index contributed by atoms with van der Waals surface area (Å²) in [5.41, 5.74) is 0.831. The van der Waals surface area contributed by atoms with E-state index in [2.05, 4.69) is 10.2 Å². The topological polar surface area (TPSA) is 32.3 Å². The predicted molar refractivity (Wildman–Crippen MR) is 79.2 cm³/mol. The molecule has 1 aromatic rings. The van der Waals surface area contributed by atoms with Crippen LogP contribution in [0.4, 0.5) is 0 Å². The van der Waals surface area contributed by atoms with Gasteiger partial charge in [0.2, 0.25) is 0 Å². The van der Waals surface area contributed by atoms with E-state index in [9.17, 15) is 4.79 Å². The fourth-order valence-electron chi connectivity index (χ4n) is 1.96. The number of nitrogens with zero attached hydrogens (tertiary/aromatic N) is 1. The van der Waals surface area contributed by atoms with E-state index in [0.717, 1.165) is 38.3 Å². The van der Waals surface area contributed by atoms with Crippen LogP contribution in [0, 0.1) is 0 Å². The molecule has 5 heteroatoms. The molecule has 0 aliphatic carbocycles. The van der Waals surface area contributed by atoms with Gasteiger partial charge in [0.05, 0.1) is 0 Å². The van der Waals surface area contributed by atoms with Crippen LogP contribution in [0.3, 0.4) is 0 Å². The molecule has 3 nitrogen and oxygen atoms in total. The van der Waals surface area contributed by atoms with Gasteiger partial charge in [0.1, 0.15) is 0 Å². The van der Waals surface area contributed by atoms with Gasteiger partial charge in [0.15, 0.2) is 5.78 Å². The quantitative estimate of drug-likeness (QED) is 0.861. The maximum absolute atomic E-state index is 11.8. The number of Topliss-reactive ketones (excluding diaryl/α,β-unsaturated/α-hetero) is 1. The van der Waals surface area contributed by atoms with Crippen LogP contribution in [-0.2, 0) is 0 Å². The van der Waals surface area contributed by atoms with Crippen molar-refractivity contribution in [3.8, 4) is 0 Å². The molecule has 0 radical (unpaired) electrons. The van der Waals surface area contributed by atoms with Crippen LogP contribution in [-0.4, -0.2) is 43.4 Å². The van der Waals surface area contributed by atoms with Gasteiger partial charge in [-0.3, -0.25) is 4.79 Å². The zero-order chi connectivity index (χ0) is 11.2. The summed E-state index contributed by atoms with van der Waals surface area (Å²) in [6.45, 7) is 5.08. The summed E-state index contributed by atoms with van der Waals surface area (Å²) in [6, 6.07) is 9.55. The lowest BCUT2D eigenvalue weighted by molar-refractivity contribution is 0.0960. The first-order chi connectivity index (χ1) is 7.86. The van der Waals surface area contributed by atoms with Gasteiger partial charge in [0, 0.05) is 44.7 Å². The molecular weight excluding hydrogens is 271 g/mol. The maximum atomic E-state index is 11.8. The smallest absolute Gasteiger partial charge is 0.164 e. The highest BCUT2D eigenvalue weighted by Crippen LogP contribution is 2.04. The van der Waals surface area contributed by atoms with Gasteiger partial charge in [-0.2, -0.15) is 0 Å². The average molecular weight is 291 g/mol. The van der Waals surface area contributed by atoms with E-state index in [1.54, 1.807) is 0 Å². The van der Waals surface area contributed by atoms with Crippen LogP contribution in [0.15, 0.2) is 30.3 Å². The molecule has 1 aromatic carbocycles. The molecule has 0 saturated carbocycles. The Labute approximate surface area is 121 Å². The largest absolute Gasteiger partial charge is 0.314 e. The highest BCUT2D eigenvalue weighted by molar-refractivity contribution is 5.96. The van der Waals surface area contributed by atoms with Crippen LogP contribution >= 0.6 is 24.8 Å². The first-order valence-corrected chi connectivity index (χ1v) is 5.87. The van der Waals surface area contributed by atoms with Gasteiger partial charge in [-0.15, -0.1) is 24.8 Å². The first kappa shape index (κ1) is 17.4. The highest BCUT2D eigenvalue weighted by atomic mass is 35.5. The molecular formula is C13H20Cl2N2O. The minimum atomic E-state index is 0. The third-order valence-electron chi connectivity index (χ3n) is 2.96. The zero-order valence-corrected chi connectivity index (χ0v) is 11.9. The van der Waals surface area contributed by atoms with Crippen LogP contribution in [0.2, 0.25) is 0 Å². The number of ketones is 1. The fourth-order valence-corrected chi connectivity index (χ4v) is 1.96. The normalized spacial score (nSPS) is 15.3. The Morgan fingerprint density at radius 1 is 1.11 bits per heavy atom. The maximum Gasteiger partial charge on any atom is 0.164 e. The molecule has 18 heavy (non-hydrogen) atoms. The summed E-state index contributed by atoms with van der Waals surface area (Å²) in [4.78, 5) is 14.2. The fraction of sp³-hybridized carbons (Fsp3) is 0.462. The van der Waals surface area contributed by atoms with Crippen molar-refractivity contribution in [2.75, 3.05) is 32.7 Å². The third-order valence-corrected chi connectivity index (χ3v) is 2.96. The van der Waals surface area contributed by atoms with Crippen LogP contribution in [0.5, 0.6) is 0 Å². The lowest BCUT2D eigenvalue weighted by Gasteiger charge is -2.26. The van der Waals surface area contributed by atoms with E-state index < -0.39 is 0 Å². The van der Waals surface area contributed by atoms with E-state index in [1.165, 1.54) is 0 Å². The highest BCUT2D eigenvalue weighted by Gasteiger charge is 2.11. The lowest BCUT2D eigenvalue weighted by Crippen LogP contribution is -2.44. The van der Waals surface area contributed by atoms with Gasteiger partial charge < -0.3 is 10.2 Å². The number of benzene rings is 1. The monoisotopic (exact) mass is 290 g/mol. The second kappa shape index (κ2) is 9.34. The van der Waals surface area contributed by atoms with Gasteiger partial charge >= 0.3 is 0 Å². The minimum Gasteiger partial charge on any atom is -0.314 e. The number of carbonyl (C=O) groups excluding carboxylic acids is 1. The van der Waals surface area contributed by atoms with Crippen molar-refractivity contribution in [3.63, 3.8) is 0 Å². The number of hydrogen-bond donors (Lipinski definition) is 1. The molecule has 0 aromatic heterocycles. The summed E-state index contributed by atoms with van der Waals surface area (Å²) in [5.74, 6) is 0.249. The number of rotatable bonds is 4. The van der Waals surface area contributed by atoms with Crippen molar-refractivity contribution in [2.45, 2.75) is 6.42 Å². The van der Waals surface area contributed by atoms with Crippen molar-refractivity contribution < 1.29 is 4.79 Å². The van der Waals surface area contributed by atoms with Crippen molar-refractivity contribution in [1.29, 1.82) is 0 Å². The Bertz CT molecular complexity index is 340. The molecule has 1 aliphatic heterocycles. The van der Waals surface area contributed by atoms with Gasteiger partial charge in [-0.25, -0.2) is 0 Å². The molecule has 1 N–H and O–H groups in total. The molecule has 1 saturated heterocycles. The molecule has 0 unspecified atom stereocenters. The number of carbonyl (C=O) groups is 1. The van der Waals surface area contributed by atoms with E-state index in [0.29, 0.717) is 6.42 Å². The number of hydrogen-bond acceptors (Lipinski definition) is 3. The Morgan fingerprint density at radius 2 is 1.72 bits per heavy atom. The molecule has 1 fully saturated rings. The molecule has 0 atom stereocenters. The van der Waals surface area contributed by atoms with Gasteiger partial charge in [0.25, 0.3) is 0 Å². The van der Waals surface area contributed by atoms with Crippen molar-refractivity contribution in [1.82, 2.24) is 10.2 Å². The zero-order valence-electron chi connectivity index (χ0n) is 10.3.